The van der Waals surface area contributed by atoms with Crippen LogP contribution in [-0.4, -0.2) is 30.5 Å². The highest BCUT2D eigenvalue weighted by Crippen LogP contribution is 2.20. The summed E-state index contributed by atoms with van der Waals surface area (Å²) >= 11 is 0. The first kappa shape index (κ1) is 13.4. The van der Waals surface area contributed by atoms with Crippen LogP contribution < -0.4 is 0 Å². The smallest absolute Gasteiger partial charge is 0.355 e. The van der Waals surface area contributed by atoms with E-state index in [0.717, 1.165) is 0 Å². The minimum atomic E-state index is -0.449. The second kappa shape index (κ2) is 5.63. The van der Waals surface area contributed by atoms with Gasteiger partial charge in [-0.05, 0) is 26.3 Å². The number of Topliss-reactive ketones (excluding diaryl/α,β-unsaturated/α-hetero) is 1. The molecule has 0 saturated carbocycles. The Labute approximate surface area is 100 Å². The monoisotopic (exact) mass is 239 g/mol. The average Bonchev–Trinajstić information content (AvgIpc) is 2.56. The van der Waals surface area contributed by atoms with E-state index >= 15 is 0 Å². The van der Waals surface area contributed by atoms with Crippen molar-refractivity contribution in [2.75, 3.05) is 13.7 Å². The highest BCUT2D eigenvalue weighted by molar-refractivity contribution is 6.01. The van der Waals surface area contributed by atoms with Gasteiger partial charge in [0.15, 0.2) is 5.78 Å². The molecular weight excluding hydrogens is 222 g/mol. The Morgan fingerprint density at radius 1 is 1.35 bits per heavy atom. The summed E-state index contributed by atoms with van der Waals surface area (Å²) in [6.45, 7) is 5.47. The second-order valence-electron chi connectivity index (χ2n) is 3.69. The molecule has 1 heterocycles. The first-order valence-corrected chi connectivity index (χ1v) is 5.41. The number of H-pyrrole nitrogens is 1. The second-order valence-corrected chi connectivity index (χ2v) is 3.69. The van der Waals surface area contributed by atoms with E-state index in [2.05, 4.69) is 4.98 Å². The zero-order valence-corrected chi connectivity index (χ0v) is 10.5. The largest absolute Gasteiger partial charge is 0.461 e. The quantitative estimate of drug-likeness (QED) is 0.629. The molecule has 0 aliphatic carbocycles. The van der Waals surface area contributed by atoms with E-state index < -0.39 is 5.97 Å². The van der Waals surface area contributed by atoms with Crippen LogP contribution in [0.2, 0.25) is 0 Å². The summed E-state index contributed by atoms with van der Waals surface area (Å²) in [5, 5.41) is 0. The third kappa shape index (κ3) is 2.74. The fraction of sp³-hybridized carbons (Fsp3) is 0.500. The van der Waals surface area contributed by atoms with E-state index in [0.29, 0.717) is 29.1 Å². The maximum Gasteiger partial charge on any atom is 0.355 e. The molecule has 0 bridgehead atoms. The van der Waals surface area contributed by atoms with Crippen LogP contribution in [0.15, 0.2) is 0 Å². The van der Waals surface area contributed by atoms with E-state index in [9.17, 15) is 9.59 Å². The lowest BCUT2D eigenvalue weighted by Crippen LogP contribution is -2.07. The Morgan fingerprint density at radius 3 is 2.47 bits per heavy atom. The van der Waals surface area contributed by atoms with Gasteiger partial charge in [0.1, 0.15) is 5.69 Å². The maximum absolute atomic E-state index is 11.7. The van der Waals surface area contributed by atoms with Gasteiger partial charge in [0.25, 0.3) is 0 Å². The summed E-state index contributed by atoms with van der Waals surface area (Å²) in [7, 11) is 1.53. The first-order valence-electron chi connectivity index (χ1n) is 5.41. The molecule has 0 atom stereocenters. The lowest BCUT2D eigenvalue weighted by atomic mass is 10.1. The number of ether oxygens (including phenoxy) is 2. The molecule has 0 aliphatic heterocycles. The van der Waals surface area contributed by atoms with Gasteiger partial charge in [-0.3, -0.25) is 4.79 Å². The van der Waals surface area contributed by atoms with Crippen LogP contribution in [-0.2, 0) is 16.1 Å². The molecule has 0 saturated heterocycles. The van der Waals surface area contributed by atoms with E-state index in [1.165, 1.54) is 14.0 Å². The molecule has 1 rings (SSSR count). The number of hydrogen-bond donors (Lipinski definition) is 1. The summed E-state index contributed by atoms with van der Waals surface area (Å²) in [6.07, 6.45) is 0. The zero-order chi connectivity index (χ0) is 13.0. The molecule has 0 aromatic carbocycles. The lowest BCUT2D eigenvalue weighted by molar-refractivity contribution is 0.0519. The van der Waals surface area contributed by atoms with E-state index in [-0.39, 0.29) is 12.4 Å². The van der Waals surface area contributed by atoms with Gasteiger partial charge in [0, 0.05) is 12.7 Å². The standard InChI is InChI=1S/C12H17NO4/c1-5-17-12(15)11-7(2)10(8(3)14)9(13-11)6-16-4/h13H,5-6H2,1-4H3. The van der Waals surface area contributed by atoms with Crippen LogP contribution in [0, 0.1) is 6.92 Å². The van der Waals surface area contributed by atoms with Gasteiger partial charge in [-0.2, -0.15) is 0 Å². The molecule has 0 aliphatic rings. The number of nitrogens with one attached hydrogen (secondary N) is 1. The van der Waals surface area contributed by atoms with Gasteiger partial charge < -0.3 is 14.5 Å². The third-order valence-electron chi connectivity index (χ3n) is 2.45. The van der Waals surface area contributed by atoms with Gasteiger partial charge >= 0.3 is 5.97 Å². The van der Waals surface area contributed by atoms with Crippen molar-refractivity contribution in [1.29, 1.82) is 0 Å². The summed E-state index contributed by atoms with van der Waals surface area (Å²) in [4.78, 5) is 26.1. The topological polar surface area (TPSA) is 68.4 Å². The van der Waals surface area contributed by atoms with Crippen LogP contribution in [0.3, 0.4) is 0 Å². The fourth-order valence-electron chi connectivity index (χ4n) is 1.79. The normalized spacial score (nSPS) is 10.4. The van der Waals surface area contributed by atoms with Gasteiger partial charge in [0.05, 0.1) is 18.9 Å². The molecule has 5 nitrogen and oxygen atoms in total. The van der Waals surface area contributed by atoms with Crippen LogP contribution in [0.4, 0.5) is 0 Å². The fourth-order valence-corrected chi connectivity index (χ4v) is 1.79. The summed E-state index contributed by atoms with van der Waals surface area (Å²) in [6, 6.07) is 0. The number of methoxy groups -OCH3 is 1. The van der Waals surface area contributed by atoms with E-state index in [1.807, 2.05) is 0 Å². The van der Waals surface area contributed by atoms with Crippen LogP contribution in [0.5, 0.6) is 0 Å². The highest BCUT2D eigenvalue weighted by atomic mass is 16.5. The van der Waals surface area contributed by atoms with Crippen molar-refractivity contribution in [3.05, 3.63) is 22.5 Å². The minimum absolute atomic E-state index is 0.0960. The first-order chi connectivity index (χ1) is 8.02. The van der Waals surface area contributed by atoms with Crippen LogP contribution in [0.1, 0.15) is 46.0 Å². The maximum atomic E-state index is 11.7. The Balaban J connectivity index is 3.21. The van der Waals surface area contributed by atoms with Crippen molar-refractivity contribution in [3.8, 4) is 0 Å². The number of aromatic amines is 1. The van der Waals surface area contributed by atoms with Gasteiger partial charge in [-0.1, -0.05) is 0 Å². The number of aromatic nitrogens is 1. The van der Waals surface area contributed by atoms with Crippen molar-refractivity contribution in [1.82, 2.24) is 4.98 Å². The minimum Gasteiger partial charge on any atom is -0.461 e. The lowest BCUT2D eigenvalue weighted by Gasteiger charge is -2.00. The molecule has 0 amide bonds. The van der Waals surface area contributed by atoms with Gasteiger partial charge in [-0.25, -0.2) is 4.79 Å². The Hall–Kier alpha value is -1.62. The van der Waals surface area contributed by atoms with Gasteiger partial charge in [-0.15, -0.1) is 0 Å². The Bertz CT molecular complexity index is 434. The van der Waals surface area contributed by atoms with Crippen molar-refractivity contribution in [2.24, 2.45) is 0 Å². The van der Waals surface area contributed by atoms with Crippen molar-refractivity contribution in [2.45, 2.75) is 27.4 Å². The van der Waals surface area contributed by atoms with Crippen molar-refractivity contribution in [3.63, 3.8) is 0 Å². The predicted octanol–water partition coefficient (Wildman–Crippen LogP) is 1.85. The van der Waals surface area contributed by atoms with Crippen molar-refractivity contribution >= 4 is 11.8 Å². The molecule has 1 aromatic rings. The number of rotatable bonds is 5. The highest BCUT2D eigenvalue weighted by Gasteiger charge is 2.22. The number of carbonyl (C=O) groups excluding carboxylic acids is 2. The van der Waals surface area contributed by atoms with Crippen LogP contribution in [0.25, 0.3) is 0 Å². The average molecular weight is 239 g/mol. The molecule has 1 N–H and O–H groups in total. The van der Waals surface area contributed by atoms with Crippen LogP contribution >= 0.6 is 0 Å². The molecule has 94 valence electrons. The summed E-state index contributed by atoms with van der Waals surface area (Å²) in [5.74, 6) is -0.545. The number of carbonyl (C=O) groups is 2. The molecule has 5 heteroatoms. The zero-order valence-electron chi connectivity index (χ0n) is 10.5. The Kier molecular flexibility index (Phi) is 4.45. The summed E-state index contributed by atoms with van der Waals surface area (Å²) < 4.78 is 9.90. The molecular formula is C12H17NO4. The molecule has 0 radical (unpaired) electrons. The number of esters is 1. The molecule has 0 spiro atoms. The molecule has 0 fully saturated rings. The number of ketones is 1. The molecule has 1 aromatic heterocycles. The summed E-state index contributed by atoms with van der Waals surface area (Å²) in [5.41, 5.74) is 2.06. The van der Waals surface area contributed by atoms with E-state index in [4.69, 9.17) is 9.47 Å². The SMILES string of the molecule is CCOC(=O)c1[nH]c(COC)c(C(C)=O)c1C. The predicted molar refractivity (Wildman–Crippen MR) is 62.2 cm³/mol. The third-order valence-corrected chi connectivity index (χ3v) is 2.45. The molecule has 17 heavy (non-hydrogen) atoms. The Morgan fingerprint density at radius 2 is 2.00 bits per heavy atom. The number of hydrogen-bond acceptors (Lipinski definition) is 4. The van der Waals surface area contributed by atoms with Crippen molar-refractivity contribution < 1.29 is 19.1 Å². The van der Waals surface area contributed by atoms with Gasteiger partial charge in [0.2, 0.25) is 0 Å². The molecule has 0 unspecified atom stereocenters. The van der Waals surface area contributed by atoms with E-state index in [1.54, 1.807) is 13.8 Å².